The van der Waals surface area contributed by atoms with Gasteiger partial charge in [-0.1, -0.05) is 0 Å². The average molecular weight is 178 g/mol. The maximum atomic E-state index is 5.49. The first-order valence-corrected chi connectivity index (χ1v) is 4.09. The summed E-state index contributed by atoms with van der Waals surface area (Å²) in [4.78, 5) is 7.82. The van der Waals surface area contributed by atoms with Crippen LogP contribution in [-0.2, 0) is 6.54 Å². The first-order valence-electron chi connectivity index (χ1n) is 4.09. The van der Waals surface area contributed by atoms with E-state index in [-0.39, 0.29) is 0 Å². The molecule has 3 N–H and O–H groups in total. The van der Waals surface area contributed by atoms with Gasteiger partial charge in [0, 0.05) is 26.0 Å². The molecule has 0 aliphatic rings. The minimum atomic E-state index is 0.447. The lowest BCUT2D eigenvalue weighted by molar-refractivity contribution is 0.884. The van der Waals surface area contributed by atoms with Gasteiger partial charge in [-0.2, -0.15) is 0 Å². The molecule has 13 heavy (non-hydrogen) atoms. The molecule has 0 unspecified atom stereocenters. The molecule has 0 saturated carbocycles. The zero-order chi connectivity index (χ0) is 9.68. The molecule has 0 aliphatic carbocycles. The standard InChI is InChI=1S/C9H14N4/c1-7-3-4-12-5-8(7)6-13-9(10)11-2/h3-5H,6H2,1-2H3,(H3,10,11,13). The van der Waals surface area contributed by atoms with Crippen LogP contribution in [0, 0.1) is 6.92 Å². The molecule has 0 saturated heterocycles. The molecule has 0 aliphatic heterocycles. The number of nitrogens with two attached hydrogens (primary N) is 1. The fourth-order valence-electron chi connectivity index (χ4n) is 0.947. The van der Waals surface area contributed by atoms with Gasteiger partial charge in [-0.3, -0.25) is 9.98 Å². The minimum absolute atomic E-state index is 0.447. The molecule has 0 atom stereocenters. The van der Waals surface area contributed by atoms with E-state index in [1.165, 1.54) is 5.56 Å². The Morgan fingerprint density at radius 3 is 3.08 bits per heavy atom. The van der Waals surface area contributed by atoms with Gasteiger partial charge < -0.3 is 11.1 Å². The van der Waals surface area contributed by atoms with E-state index in [0.29, 0.717) is 12.5 Å². The third kappa shape index (κ3) is 2.74. The molecule has 0 spiro atoms. The lowest BCUT2D eigenvalue weighted by atomic mass is 10.2. The Kier molecular flexibility index (Phi) is 3.25. The van der Waals surface area contributed by atoms with Crippen LogP contribution in [0.5, 0.6) is 0 Å². The van der Waals surface area contributed by atoms with Crippen LogP contribution >= 0.6 is 0 Å². The summed E-state index contributed by atoms with van der Waals surface area (Å²) in [6, 6.07) is 1.97. The molecule has 1 rings (SSSR count). The van der Waals surface area contributed by atoms with Crippen LogP contribution in [0.25, 0.3) is 0 Å². The number of rotatable bonds is 2. The van der Waals surface area contributed by atoms with Crippen LogP contribution in [0.3, 0.4) is 0 Å². The lowest BCUT2D eigenvalue weighted by Gasteiger charge is -2.06. The van der Waals surface area contributed by atoms with Gasteiger partial charge in [-0.25, -0.2) is 0 Å². The Bertz CT molecular complexity index is 306. The second-order valence-corrected chi connectivity index (χ2v) is 2.76. The molecule has 70 valence electrons. The largest absolute Gasteiger partial charge is 0.370 e. The number of pyridine rings is 1. The van der Waals surface area contributed by atoms with E-state index in [4.69, 9.17) is 5.73 Å². The predicted molar refractivity (Wildman–Crippen MR) is 53.4 cm³/mol. The second kappa shape index (κ2) is 4.45. The fourth-order valence-corrected chi connectivity index (χ4v) is 0.947. The molecule has 1 heterocycles. The molecule has 4 heteroatoms. The van der Waals surface area contributed by atoms with Crippen molar-refractivity contribution in [2.45, 2.75) is 13.5 Å². The SMILES string of the molecule is CN=C(N)NCc1cnccc1C. The third-order valence-corrected chi connectivity index (χ3v) is 1.85. The average Bonchev–Trinajstić information content (AvgIpc) is 2.16. The van der Waals surface area contributed by atoms with Crippen molar-refractivity contribution in [1.29, 1.82) is 0 Å². The maximum Gasteiger partial charge on any atom is 0.188 e. The van der Waals surface area contributed by atoms with E-state index in [9.17, 15) is 0 Å². The van der Waals surface area contributed by atoms with Crippen LogP contribution in [0.4, 0.5) is 0 Å². The second-order valence-electron chi connectivity index (χ2n) is 2.76. The summed E-state index contributed by atoms with van der Waals surface area (Å²) in [6.45, 7) is 2.71. The fraction of sp³-hybridized carbons (Fsp3) is 0.333. The topological polar surface area (TPSA) is 63.3 Å². The Morgan fingerprint density at radius 1 is 1.69 bits per heavy atom. The monoisotopic (exact) mass is 178 g/mol. The van der Waals surface area contributed by atoms with Crippen molar-refractivity contribution in [1.82, 2.24) is 10.3 Å². The van der Waals surface area contributed by atoms with E-state index >= 15 is 0 Å². The number of aryl methyl sites for hydroxylation is 1. The molecule has 4 nitrogen and oxygen atoms in total. The summed E-state index contributed by atoms with van der Waals surface area (Å²) >= 11 is 0. The third-order valence-electron chi connectivity index (χ3n) is 1.85. The van der Waals surface area contributed by atoms with Crippen LogP contribution in [0.15, 0.2) is 23.5 Å². The highest BCUT2D eigenvalue weighted by Gasteiger charge is 1.96. The van der Waals surface area contributed by atoms with Crippen LogP contribution in [0.1, 0.15) is 11.1 Å². The van der Waals surface area contributed by atoms with Crippen molar-refractivity contribution >= 4 is 5.96 Å². The number of hydrogen-bond donors (Lipinski definition) is 2. The Morgan fingerprint density at radius 2 is 2.46 bits per heavy atom. The number of nitrogens with one attached hydrogen (secondary N) is 1. The highest BCUT2D eigenvalue weighted by atomic mass is 15.1. The van der Waals surface area contributed by atoms with Gasteiger partial charge in [0.1, 0.15) is 0 Å². The number of aromatic nitrogens is 1. The van der Waals surface area contributed by atoms with E-state index < -0.39 is 0 Å². The van der Waals surface area contributed by atoms with Gasteiger partial charge in [0.05, 0.1) is 0 Å². The van der Waals surface area contributed by atoms with Gasteiger partial charge in [-0.05, 0) is 24.1 Å². The molecule has 0 bridgehead atoms. The summed E-state index contributed by atoms with van der Waals surface area (Å²) in [6.07, 6.45) is 3.60. The Labute approximate surface area is 77.9 Å². The summed E-state index contributed by atoms with van der Waals surface area (Å²) in [5.74, 6) is 0.447. The van der Waals surface area contributed by atoms with E-state index in [2.05, 4.69) is 15.3 Å². The number of hydrogen-bond acceptors (Lipinski definition) is 2. The van der Waals surface area contributed by atoms with Crippen molar-refractivity contribution in [3.05, 3.63) is 29.6 Å². The molecule has 0 fully saturated rings. The first-order chi connectivity index (χ1) is 6.24. The van der Waals surface area contributed by atoms with Crippen LogP contribution < -0.4 is 11.1 Å². The van der Waals surface area contributed by atoms with E-state index in [1.807, 2.05) is 19.2 Å². The van der Waals surface area contributed by atoms with Crippen molar-refractivity contribution in [2.24, 2.45) is 10.7 Å². The summed E-state index contributed by atoms with van der Waals surface area (Å²) < 4.78 is 0. The van der Waals surface area contributed by atoms with Crippen LogP contribution in [-0.4, -0.2) is 18.0 Å². The molecule has 0 radical (unpaired) electrons. The van der Waals surface area contributed by atoms with Crippen LogP contribution in [0.2, 0.25) is 0 Å². The number of aliphatic imine (C=N–C) groups is 1. The molecule has 0 aromatic carbocycles. The van der Waals surface area contributed by atoms with Crippen molar-refractivity contribution < 1.29 is 0 Å². The van der Waals surface area contributed by atoms with Gasteiger partial charge in [0.15, 0.2) is 5.96 Å². The van der Waals surface area contributed by atoms with Gasteiger partial charge in [0.2, 0.25) is 0 Å². The first kappa shape index (κ1) is 9.51. The van der Waals surface area contributed by atoms with Gasteiger partial charge >= 0.3 is 0 Å². The molecule has 0 amide bonds. The minimum Gasteiger partial charge on any atom is -0.370 e. The zero-order valence-electron chi connectivity index (χ0n) is 7.91. The summed E-state index contributed by atoms with van der Waals surface area (Å²) in [5, 5.41) is 2.98. The molecular formula is C9H14N4. The van der Waals surface area contributed by atoms with Gasteiger partial charge in [0.25, 0.3) is 0 Å². The smallest absolute Gasteiger partial charge is 0.188 e. The summed E-state index contributed by atoms with van der Waals surface area (Å²) in [5.41, 5.74) is 7.82. The van der Waals surface area contributed by atoms with Gasteiger partial charge in [-0.15, -0.1) is 0 Å². The van der Waals surface area contributed by atoms with Crippen molar-refractivity contribution in [2.75, 3.05) is 7.05 Å². The maximum absolute atomic E-state index is 5.49. The summed E-state index contributed by atoms with van der Waals surface area (Å²) in [7, 11) is 1.65. The molecule has 1 aromatic rings. The van der Waals surface area contributed by atoms with Crippen molar-refractivity contribution in [3.63, 3.8) is 0 Å². The molecular weight excluding hydrogens is 164 g/mol. The van der Waals surface area contributed by atoms with Crippen molar-refractivity contribution in [3.8, 4) is 0 Å². The highest BCUT2D eigenvalue weighted by molar-refractivity contribution is 5.77. The van der Waals surface area contributed by atoms with E-state index in [1.54, 1.807) is 13.2 Å². The zero-order valence-corrected chi connectivity index (χ0v) is 7.91. The number of guanidine groups is 1. The Hall–Kier alpha value is -1.58. The molecule has 1 aromatic heterocycles. The highest BCUT2D eigenvalue weighted by Crippen LogP contribution is 2.03. The Balaban J connectivity index is 2.60. The normalized spacial score (nSPS) is 11.4. The number of nitrogens with zero attached hydrogens (tertiary/aromatic N) is 2. The lowest BCUT2D eigenvalue weighted by Crippen LogP contribution is -2.30. The predicted octanol–water partition coefficient (Wildman–Crippen LogP) is 0.424. The van der Waals surface area contributed by atoms with E-state index in [0.717, 1.165) is 5.56 Å². The quantitative estimate of drug-likeness (QED) is 0.509.